The summed E-state index contributed by atoms with van der Waals surface area (Å²) in [6, 6.07) is 44.6. The predicted octanol–water partition coefficient (Wildman–Crippen LogP) is 10.1. The molecule has 0 saturated carbocycles. The second kappa shape index (κ2) is 10.9. The minimum atomic E-state index is 0.239. The second-order valence-corrected chi connectivity index (χ2v) is 11.3. The Bertz CT molecular complexity index is 2180. The molecule has 1 aliphatic rings. The summed E-state index contributed by atoms with van der Waals surface area (Å²) in [4.78, 5) is 5.16. The molecule has 8 rings (SSSR count). The van der Waals surface area contributed by atoms with Crippen molar-refractivity contribution in [2.45, 2.75) is 18.9 Å². The minimum absolute atomic E-state index is 0.239. The number of para-hydroxylation sites is 2. The highest BCUT2D eigenvalue weighted by molar-refractivity contribution is 6.09. The zero-order valence-corrected chi connectivity index (χ0v) is 24.2. The molecule has 1 atom stereocenters. The van der Waals surface area contributed by atoms with Crippen LogP contribution >= 0.6 is 0 Å². The Labute approximate surface area is 256 Å². The van der Waals surface area contributed by atoms with Crippen LogP contribution < -0.4 is 5.73 Å². The van der Waals surface area contributed by atoms with Crippen molar-refractivity contribution in [1.82, 2.24) is 4.57 Å². The van der Waals surface area contributed by atoms with Crippen molar-refractivity contribution in [3.63, 3.8) is 0 Å². The molecule has 5 aromatic carbocycles. The summed E-state index contributed by atoms with van der Waals surface area (Å²) in [5.74, 6) is 0.332. The Kier molecular flexibility index (Phi) is 6.45. The van der Waals surface area contributed by atoms with E-state index >= 15 is 0 Å². The number of aliphatic imine (C=N–C) groups is 1. The summed E-state index contributed by atoms with van der Waals surface area (Å²) in [6.45, 7) is 0. The fraction of sp³-hybridized carbons (Fsp3) is 0.0750. The maximum absolute atomic E-state index is 6.46. The average Bonchev–Trinajstić information content (AvgIpc) is 3.59. The van der Waals surface area contributed by atoms with E-state index in [2.05, 4.69) is 120 Å². The highest BCUT2D eigenvalue weighted by Gasteiger charge is 2.19. The van der Waals surface area contributed by atoms with Crippen LogP contribution in [0.1, 0.15) is 29.2 Å². The standard InChI is InChI=1S/C40H31N3O/c41-40-39(42-35(29-13-5-2-6-14-29)25-27-11-3-1-4-12-27)34-26-30(21-24-38(34)44-40)28-19-22-31(23-20-28)43-36-17-9-7-15-32(36)33-16-8-10-18-37(33)43/h1-22,24,26,31H,23,25,41H2. The van der Waals surface area contributed by atoms with Crippen LogP contribution in [0.25, 0.3) is 38.3 Å². The third-order valence-corrected chi connectivity index (χ3v) is 8.62. The van der Waals surface area contributed by atoms with E-state index in [4.69, 9.17) is 15.1 Å². The first-order valence-electron chi connectivity index (χ1n) is 15.1. The fourth-order valence-corrected chi connectivity index (χ4v) is 6.48. The van der Waals surface area contributed by atoms with Crippen LogP contribution in [0.15, 0.2) is 155 Å². The molecule has 0 bridgehead atoms. The van der Waals surface area contributed by atoms with Crippen LogP contribution in [0.2, 0.25) is 0 Å². The van der Waals surface area contributed by atoms with Gasteiger partial charge in [0.2, 0.25) is 5.88 Å². The first-order valence-corrected chi connectivity index (χ1v) is 15.1. The Morgan fingerprint density at radius 3 is 2.09 bits per heavy atom. The van der Waals surface area contributed by atoms with E-state index in [1.165, 1.54) is 32.9 Å². The highest BCUT2D eigenvalue weighted by atomic mass is 16.3. The molecule has 1 aliphatic carbocycles. The molecule has 0 fully saturated rings. The summed E-state index contributed by atoms with van der Waals surface area (Å²) in [7, 11) is 0. The van der Waals surface area contributed by atoms with Crippen LogP contribution in [-0.4, -0.2) is 10.3 Å². The lowest BCUT2D eigenvalue weighted by atomic mass is 9.96. The number of hydrogen-bond acceptors (Lipinski definition) is 3. The molecule has 2 aromatic heterocycles. The Morgan fingerprint density at radius 2 is 1.41 bits per heavy atom. The van der Waals surface area contributed by atoms with Gasteiger partial charge >= 0.3 is 0 Å². The van der Waals surface area contributed by atoms with E-state index in [0.717, 1.165) is 34.2 Å². The predicted molar refractivity (Wildman–Crippen MR) is 184 cm³/mol. The van der Waals surface area contributed by atoms with E-state index in [-0.39, 0.29) is 6.04 Å². The van der Waals surface area contributed by atoms with E-state index in [1.54, 1.807) is 0 Å². The van der Waals surface area contributed by atoms with Crippen molar-refractivity contribution >= 4 is 55.6 Å². The van der Waals surface area contributed by atoms with Gasteiger partial charge in [0.15, 0.2) is 0 Å². The van der Waals surface area contributed by atoms with Gasteiger partial charge in [0, 0.05) is 33.6 Å². The molecule has 4 heteroatoms. The van der Waals surface area contributed by atoms with E-state index in [1.807, 2.05) is 30.3 Å². The quantitative estimate of drug-likeness (QED) is 0.203. The molecule has 4 nitrogen and oxygen atoms in total. The van der Waals surface area contributed by atoms with Gasteiger partial charge in [-0.1, -0.05) is 121 Å². The molecule has 44 heavy (non-hydrogen) atoms. The SMILES string of the molecule is Nc1oc2ccc(C3=CCC(n4c5ccccc5c5ccccc54)C=C3)cc2c1N=C(Cc1ccccc1)c1ccccc1. The van der Waals surface area contributed by atoms with Crippen molar-refractivity contribution in [3.8, 4) is 0 Å². The number of furan rings is 1. The maximum atomic E-state index is 6.46. The third kappa shape index (κ3) is 4.61. The fourth-order valence-electron chi connectivity index (χ4n) is 6.48. The molecule has 0 aliphatic heterocycles. The number of nitrogens with two attached hydrogens (primary N) is 1. The van der Waals surface area contributed by atoms with E-state index < -0.39 is 0 Å². The zero-order valence-electron chi connectivity index (χ0n) is 24.2. The molecule has 2 N–H and O–H groups in total. The topological polar surface area (TPSA) is 56.4 Å². The Morgan fingerprint density at radius 1 is 0.750 bits per heavy atom. The third-order valence-electron chi connectivity index (χ3n) is 8.62. The highest BCUT2D eigenvalue weighted by Crippen LogP contribution is 2.40. The number of fused-ring (bicyclic) bond motifs is 4. The van der Waals surface area contributed by atoms with Crippen LogP contribution in [0, 0.1) is 0 Å². The number of benzene rings is 5. The van der Waals surface area contributed by atoms with Crippen molar-refractivity contribution in [2.75, 3.05) is 5.73 Å². The largest absolute Gasteiger partial charge is 0.439 e. The molecule has 2 heterocycles. The molecule has 0 radical (unpaired) electrons. The summed E-state index contributed by atoms with van der Waals surface area (Å²) in [5, 5.41) is 3.51. The van der Waals surface area contributed by atoms with Crippen molar-refractivity contribution in [1.29, 1.82) is 0 Å². The molecular weight excluding hydrogens is 538 g/mol. The minimum Gasteiger partial charge on any atom is -0.439 e. The van der Waals surface area contributed by atoms with Crippen molar-refractivity contribution in [2.24, 2.45) is 4.99 Å². The molecule has 212 valence electrons. The number of hydrogen-bond donors (Lipinski definition) is 1. The van der Waals surface area contributed by atoms with Gasteiger partial charge < -0.3 is 14.7 Å². The second-order valence-electron chi connectivity index (χ2n) is 11.3. The number of aromatic nitrogens is 1. The van der Waals surface area contributed by atoms with Gasteiger partial charge in [0.05, 0.1) is 11.8 Å². The lowest BCUT2D eigenvalue weighted by Crippen LogP contribution is -2.07. The van der Waals surface area contributed by atoms with Gasteiger partial charge in [0.25, 0.3) is 0 Å². The normalized spacial score (nSPS) is 15.3. The lowest BCUT2D eigenvalue weighted by molar-refractivity contribution is 0.637. The number of allylic oxidation sites excluding steroid dienone is 4. The zero-order chi connectivity index (χ0) is 29.5. The van der Waals surface area contributed by atoms with Gasteiger partial charge in [-0.2, -0.15) is 0 Å². The molecule has 1 unspecified atom stereocenters. The average molecular weight is 570 g/mol. The van der Waals surface area contributed by atoms with Crippen molar-refractivity contribution in [3.05, 3.63) is 162 Å². The number of rotatable bonds is 6. The van der Waals surface area contributed by atoms with E-state index in [0.29, 0.717) is 18.0 Å². The van der Waals surface area contributed by atoms with Gasteiger partial charge in [-0.05, 0) is 52.9 Å². The molecule has 0 spiro atoms. The van der Waals surface area contributed by atoms with Gasteiger partial charge in [-0.25, -0.2) is 4.99 Å². The van der Waals surface area contributed by atoms with Crippen molar-refractivity contribution < 1.29 is 4.42 Å². The van der Waals surface area contributed by atoms with Crippen LogP contribution in [-0.2, 0) is 6.42 Å². The van der Waals surface area contributed by atoms with E-state index in [9.17, 15) is 0 Å². The Hall–Kier alpha value is -5.61. The summed E-state index contributed by atoms with van der Waals surface area (Å²) in [6.07, 6.45) is 8.51. The molecule has 0 amide bonds. The molecule has 0 saturated heterocycles. The number of nitrogen functional groups attached to an aromatic ring is 1. The maximum Gasteiger partial charge on any atom is 0.217 e. The first-order chi connectivity index (χ1) is 21.7. The van der Waals surface area contributed by atoms with Crippen LogP contribution in [0.5, 0.6) is 0 Å². The van der Waals surface area contributed by atoms with Crippen LogP contribution in [0.4, 0.5) is 11.6 Å². The van der Waals surface area contributed by atoms with Crippen LogP contribution in [0.3, 0.4) is 0 Å². The monoisotopic (exact) mass is 569 g/mol. The van der Waals surface area contributed by atoms with Gasteiger partial charge in [-0.15, -0.1) is 0 Å². The summed E-state index contributed by atoms with van der Waals surface area (Å²) < 4.78 is 8.48. The van der Waals surface area contributed by atoms with Gasteiger partial charge in [0.1, 0.15) is 11.3 Å². The first kappa shape index (κ1) is 26.1. The summed E-state index contributed by atoms with van der Waals surface area (Å²) >= 11 is 0. The molecular formula is C40H31N3O. The van der Waals surface area contributed by atoms with Gasteiger partial charge in [-0.3, -0.25) is 0 Å². The number of nitrogens with zero attached hydrogens (tertiary/aromatic N) is 2. The number of anilines is 1. The Balaban J connectivity index is 1.15. The summed E-state index contributed by atoms with van der Waals surface area (Å²) in [5.41, 5.74) is 15.9. The smallest absolute Gasteiger partial charge is 0.217 e. The molecule has 7 aromatic rings. The lowest BCUT2D eigenvalue weighted by Gasteiger charge is -2.21.